The van der Waals surface area contributed by atoms with Crippen LogP contribution >= 0.6 is 0 Å². The predicted molar refractivity (Wildman–Crippen MR) is 135 cm³/mol. The molecular weight excluding hydrogens is 440 g/mol. The van der Waals surface area contributed by atoms with Gasteiger partial charge in [0.2, 0.25) is 0 Å². The van der Waals surface area contributed by atoms with Crippen molar-refractivity contribution in [2.75, 3.05) is 19.8 Å². The number of hydrogen-bond acceptors (Lipinski definition) is 6. The summed E-state index contributed by atoms with van der Waals surface area (Å²) in [7, 11) is 0. The maximum Gasteiger partial charge on any atom is 0.157 e. The van der Waals surface area contributed by atoms with Crippen LogP contribution in [0.25, 0.3) is 22.3 Å². The first-order chi connectivity index (χ1) is 17.3. The summed E-state index contributed by atoms with van der Waals surface area (Å²) in [6, 6.07) is 31.5. The van der Waals surface area contributed by atoms with E-state index in [0.717, 1.165) is 52.3 Å². The summed E-state index contributed by atoms with van der Waals surface area (Å²) in [6.45, 7) is 1.46. The Kier molecular flexibility index (Phi) is 6.92. The second-order valence-electron chi connectivity index (χ2n) is 8.09. The molecule has 0 saturated carbocycles. The molecule has 0 aliphatic carbocycles. The van der Waals surface area contributed by atoms with E-state index < -0.39 is 0 Å². The summed E-state index contributed by atoms with van der Waals surface area (Å²) in [5.74, 6) is 1.52. The Labute approximate surface area is 203 Å². The van der Waals surface area contributed by atoms with Gasteiger partial charge in [0.1, 0.15) is 30.8 Å². The third kappa shape index (κ3) is 6.19. The number of aldehydes is 1. The average Bonchev–Trinajstić information content (AvgIpc) is 3.76. The molecule has 6 heteroatoms. The van der Waals surface area contributed by atoms with E-state index in [-0.39, 0.29) is 12.7 Å². The SMILES string of the molecule is O=CCOc1ccc(-c2ccc(/N=N/c3ccc(-c4ccc(OCC5CO5)cc4)cc3)cc2)cc1. The van der Waals surface area contributed by atoms with Crippen LogP contribution in [0.15, 0.2) is 107 Å². The molecule has 1 unspecified atom stereocenters. The van der Waals surface area contributed by atoms with Gasteiger partial charge in [0.25, 0.3) is 0 Å². The zero-order valence-corrected chi connectivity index (χ0v) is 19.0. The first-order valence-corrected chi connectivity index (χ1v) is 11.4. The molecule has 1 saturated heterocycles. The summed E-state index contributed by atoms with van der Waals surface area (Å²) in [6.07, 6.45) is 0.986. The maximum absolute atomic E-state index is 10.4. The van der Waals surface area contributed by atoms with Gasteiger partial charge in [-0.2, -0.15) is 10.2 Å². The lowest BCUT2D eigenvalue weighted by molar-refractivity contribution is -0.109. The van der Waals surface area contributed by atoms with Gasteiger partial charge < -0.3 is 14.2 Å². The summed E-state index contributed by atoms with van der Waals surface area (Å²) in [4.78, 5) is 10.4. The van der Waals surface area contributed by atoms with Gasteiger partial charge in [-0.15, -0.1) is 0 Å². The zero-order chi connectivity index (χ0) is 23.9. The standard InChI is InChI=1S/C29H24N2O4/c32-17-18-33-27-13-5-23(6-14-27)21-1-9-25(10-2-21)30-31-26-11-3-22(4-12-26)24-7-15-28(16-8-24)34-19-29-20-35-29/h1-17,29H,18-20H2/b31-30+. The highest BCUT2D eigenvalue weighted by Crippen LogP contribution is 2.28. The van der Waals surface area contributed by atoms with E-state index in [2.05, 4.69) is 10.2 Å². The van der Waals surface area contributed by atoms with Crippen molar-refractivity contribution in [3.05, 3.63) is 97.1 Å². The van der Waals surface area contributed by atoms with Gasteiger partial charge in [0, 0.05) is 0 Å². The molecule has 1 heterocycles. The molecule has 0 aromatic heterocycles. The Morgan fingerprint density at radius 3 is 1.46 bits per heavy atom. The van der Waals surface area contributed by atoms with E-state index in [1.165, 1.54) is 0 Å². The van der Waals surface area contributed by atoms with Crippen LogP contribution in [0.1, 0.15) is 0 Å². The van der Waals surface area contributed by atoms with Crippen LogP contribution in [-0.4, -0.2) is 32.2 Å². The number of hydrogen-bond donors (Lipinski definition) is 0. The van der Waals surface area contributed by atoms with Gasteiger partial charge in [0.05, 0.1) is 18.0 Å². The van der Waals surface area contributed by atoms with Crippen molar-refractivity contribution in [1.29, 1.82) is 0 Å². The Hall–Kier alpha value is -4.29. The topological polar surface area (TPSA) is 72.8 Å². The van der Waals surface area contributed by atoms with Crippen molar-refractivity contribution < 1.29 is 19.0 Å². The van der Waals surface area contributed by atoms with E-state index in [4.69, 9.17) is 14.2 Å². The summed E-state index contributed by atoms with van der Waals surface area (Å²) in [5, 5.41) is 8.72. The quantitative estimate of drug-likeness (QED) is 0.147. The van der Waals surface area contributed by atoms with E-state index in [1.807, 2.05) is 97.1 Å². The van der Waals surface area contributed by atoms with Gasteiger partial charge >= 0.3 is 0 Å². The van der Waals surface area contributed by atoms with E-state index in [9.17, 15) is 4.79 Å². The molecule has 1 fully saturated rings. The van der Waals surface area contributed by atoms with Crippen molar-refractivity contribution in [1.82, 2.24) is 0 Å². The second-order valence-corrected chi connectivity index (χ2v) is 8.09. The van der Waals surface area contributed by atoms with Crippen LogP contribution in [-0.2, 0) is 9.53 Å². The Morgan fingerprint density at radius 2 is 1.06 bits per heavy atom. The van der Waals surface area contributed by atoms with Crippen molar-refractivity contribution >= 4 is 17.7 Å². The van der Waals surface area contributed by atoms with Crippen molar-refractivity contribution in [3.8, 4) is 33.8 Å². The number of benzene rings is 4. The fraction of sp³-hybridized carbons (Fsp3) is 0.138. The summed E-state index contributed by atoms with van der Waals surface area (Å²) in [5.41, 5.74) is 5.89. The van der Waals surface area contributed by atoms with Crippen LogP contribution in [0.3, 0.4) is 0 Å². The highest BCUT2D eigenvalue weighted by molar-refractivity contribution is 5.67. The highest BCUT2D eigenvalue weighted by Gasteiger charge is 2.22. The van der Waals surface area contributed by atoms with Crippen molar-refractivity contribution in [3.63, 3.8) is 0 Å². The number of nitrogens with zero attached hydrogens (tertiary/aromatic N) is 2. The first-order valence-electron chi connectivity index (χ1n) is 11.4. The minimum atomic E-state index is 0.0567. The molecule has 1 atom stereocenters. The molecule has 35 heavy (non-hydrogen) atoms. The number of ether oxygens (including phenoxy) is 3. The molecule has 1 aliphatic rings. The minimum Gasteiger partial charge on any atom is -0.491 e. The molecule has 5 rings (SSSR count). The minimum absolute atomic E-state index is 0.0567. The second kappa shape index (κ2) is 10.8. The maximum atomic E-state index is 10.4. The van der Waals surface area contributed by atoms with Crippen LogP contribution < -0.4 is 9.47 Å². The van der Waals surface area contributed by atoms with Crippen LogP contribution in [0.5, 0.6) is 11.5 Å². The predicted octanol–water partition coefficient (Wildman–Crippen LogP) is 6.79. The molecule has 0 N–H and O–H groups in total. The van der Waals surface area contributed by atoms with Gasteiger partial charge in [-0.3, -0.25) is 4.79 Å². The zero-order valence-electron chi connectivity index (χ0n) is 19.0. The van der Waals surface area contributed by atoms with E-state index >= 15 is 0 Å². The molecule has 4 aromatic carbocycles. The normalized spacial score (nSPS) is 14.6. The van der Waals surface area contributed by atoms with E-state index in [1.54, 1.807) is 0 Å². The molecule has 6 nitrogen and oxygen atoms in total. The van der Waals surface area contributed by atoms with Gasteiger partial charge in [-0.05, 0) is 70.8 Å². The molecule has 4 aromatic rings. The molecule has 0 amide bonds. The van der Waals surface area contributed by atoms with Gasteiger partial charge in [0.15, 0.2) is 6.29 Å². The third-order valence-electron chi connectivity index (χ3n) is 5.55. The average molecular weight is 465 g/mol. The Morgan fingerprint density at radius 1 is 0.657 bits per heavy atom. The van der Waals surface area contributed by atoms with Crippen LogP contribution in [0.4, 0.5) is 11.4 Å². The van der Waals surface area contributed by atoms with Crippen molar-refractivity contribution in [2.24, 2.45) is 10.2 Å². The highest BCUT2D eigenvalue weighted by atomic mass is 16.6. The number of rotatable bonds is 10. The van der Waals surface area contributed by atoms with E-state index in [0.29, 0.717) is 12.4 Å². The molecule has 0 radical (unpaired) electrons. The molecule has 174 valence electrons. The number of epoxide rings is 1. The monoisotopic (exact) mass is 464 g/mol. The van der Waals surface area contributed by atoms with Crippen LogP contribution in [0, 0.1) is 0 Å². The lowest BCUT2D eigenvalue weighted by Gasteiger charge is -2.06. The van der Waals surface area contributed by atoms with Gasteiger partial charge in [-0.1, -0.05) is 48.5 Å². The number of carbonyl (C=O) groups is 1. The lowest BCUT2D eigenvalue weighted by atomic mass is 10.1. The number of azo groups is 1. The van der Waals surface area contributed by atoms with Crippen LogP contribution in [0.2, 0.25) is 0 Å². The number of carbonyl (C=O) groups excluding carboxylic acids is 1. The molecule has 0 bridgehead atoms. The van der Waals surface area contributed by atoms with Crippen molar-refractivity contribution in [2.45, 2.75) is 6.10 Å². The lowest BCUT2D eigenvalue weighted by Crippen LogP contribution is -2.03. The Bertz CT molecular complexity index is 1280. The summed E-state index contributed by atoms with van der Waals surface area (Å²) < 4.78 is 16.2. The molecule has 0 spiro atoms. The smallest absolute Gasteiger partial charge is 0.157 e. The Balaban J connectivity index is 1.18. The molecule has 1 aliphatic heterocycles. The summed E-state index contributed by atoms with van der Waals surface area (Å²) >= 11 is 0. The molecular formula is C29H24N2O4. The fourth-order valence-corrected chi connectivity index (χ4v) is 3.53. The third-order valence-corrected chi connectivity index (χ3v) is 5.55. The van der Waals surface area contributed by atoms with Gasteiger partial charge in [-0.25, -0.2) is 0 Å². The fourth-order valence-electron chi connectivity index (χ4n) is 3.53. The first kappa shape index (κ1) is 22.5. The largest absolute Gasteiger partial charge is 0.491 e.